The maximum Gasteiger partial charge on any atom is 0.416 e. The molecule has 0 heterocycles. The lowest BCUT2D eigenvalue weighted by molar-refractivity contribution is -0.137. The number of rotatable bonds is 4. The molecule has 0 saturated heterocycles. The molecule has 0 radical (unpaired) electrons. The van der Waals surface area contributed by atoms with Gasteiger partial charge in [-0.3, -0.25) is 4.72 Å². The van der Waals surface area contributed by atoms with Gasteiger partial charge in [-0.25, -0.2) is 8.42 Å². The molecule has 1 aliphatic carbocycles. The molecule has 1 fully saturated rings. The van der Waals surface area contributed by atoms with E-state index in [9.17, 15) is 21.6 Å². The van der Waals surface area contributed by atoms with Gasteiger partial charge in [0.25, 0.3) is 0 Å². The minimum Gasteiger partial charge on any atom is -0.488 e. The van der Waals surface area contributed by atoms with Crippen LogP contribution in [0.4, 0.5) is 18.9 Å². The number of anilines is 1. The maximum absolute atomic E-state index is 12.6. The average molecular weight is 295 g/mol. The number of ether oxygens (including phenoxy) is 1. The van der Waals surface area contributed by atoms with Gasteiger partial charge in [-0.15, -0.1) is 0 Å². The van der Waals surface area contributed by atoms with E-state index in [1.165, 1.54) is 0 Å². The normalized spacial score (nSPS) is 16.2. The van der Waals surface area contributed by atoms with Crippen LogP contribution < -0.4 is 9.46 Å². The SMILES string of the molecule is CS(=O)(=O)Nc1ccc(C(F)(F)F)cc1OC1CC1. The molecule has 0 aliphatic heterocycles. The molecule has 1 saturated carbocycles. The Kier molecular flexibility index (Phi) is 3.38. The fourth-order valence-corrected chi connectivity index (χ4v) is 2.01. The first-order valence-corrected chi connectivity index (χ1v) is 7.40. The van der Waals surface area contributed by atoms with Gasteiger partial charge in [0.2, 0.25) is 10.0 Å². The van der Waals surface area contributed by atoms with Crippen molar-refractivity contribution >= 4 is 15.7 Å². The number of nitrogens with one attached hydrogen (secondary N) is 1. The van der Waals surface area contributed by atoms with Gasteiger partial charge in [0.1, 0.15) is 5.75 Å². The van der Waals surface area contributed by atoms with Gasteiger partial charge in [-0.05, 0) is 31.0 Å². The zero-order valence-corrected chi connectivity index (χ0v) is 10.8. The Hall–Kier alpha value is -1.44. The van der Waals surface area contributed by atoms with Crippen LogP contribution in [0.1, 0.15) is 18.4 Å². The van der Waals surface area contributed by atoms with Crippen LogP contribution >= 0.6 is 0 Å². The first-order valence-electron chi connectivity index (χ1n) is 5.51. The van der Waals surface area contributed by atoms with E-state index in [1.807, 2.05) is 0 Å². The van der Waals surface area contributed by atoms with Crippen LogP contribution in [0, 0.1) is 0 Å². The summed E-state index contributed by atoms with van der Waals surface area (Å²) in [6.07, 6.45) is -2.19. The van der Waals surface area contributed by atoms with Gasteiger partial charge in [0.05, 0.1) is 23.6 Å². The summed E-state index contributed by atoms with van der Waals surface area (Å²) in [6, 6.07) is 2.68. The number of hydrogen-bond acceptors (Lipinski definition) is 3. The lowest BCUT2D eigenvalue weighted by Gasteiger charge is -2.14. The maximum atomic E-state index is 12.6. The second kappa shape index (κ2) is 4.59. The van der Waals surface area contributed by atoms with Crippen molar-refractivity contribution in [3.63, 3.8) is 0 Å². The van der Waals surface area contributed by atoms with E-state index in [1.54, 1.807) is 0 Å². The molecule has 1 aromatic carbocycles. The fourth-order valence-electron chi connectivity index (χ4n) is 1.45. The molecule has 0 unspecified atom stereocenters. The Bertz CT molecular complexity index is 579. The lowest BCUT2D eigenvalue weighted by Crippen LogP contribution is -2.13. The molecule has 19 heavy (non-hydrogen) atoms. The summed E-state index contributed by atoms with van der Waals surface area (Å²) in [6.45, 7) is 0. The summed E-state index contributed by atoms with van der Waals surface area (Å²) in [5, 5.41) is 0. The highest BCUT2D eigenvalue weighted by atomic mass is 32.2. The van der Waals surface area contributed by atoms with Crippen LogP contribution in [0.15, 0.2) is 18.2 Å². The number of hydrogen-bond donors (Lipinski definition) is 1. The van der Waals surface area contributed by atoms with Gasteiger partial charge < -0.3 is 4.74 Å². The Morgan fingerprint density at radius 1 is 1.32 bits per heavy atom. The Morgan fingerprint density at radius 3 is 2.42 bits per heavy atom. The highest BCUT2D eigenvalue weighted by Gasteiger charge is 2.32. The largest absolute Gasteiger partial charge is 0.488 e. The molecule has 1 aromatic rings. The number of sulfonamides is 1. The minimum absolute atomic E-state index is 0.0161. The van der Waals surface area contributed by atoms with Crippen molar-refractivity contribution in [2.45, 2.75) is 25.1 Å². The topological polar surface area (TPSA) is 55.4 Å². The quantitative estimate of drug-likeness (QED) is 0.929. The van der Waals surface area contributed by atoms with Gasteiger partial charge in [-0.2, -0.15) is 13.2 Å². The zero-order chi connectivity index (χ0) is 14.3. The molecule has 8 heteroatoms. The van der Waals surface area contributed by atoms with E-state index in [-0.39, 0.29) is 17.5 Å². The van der Waals surface area contributed by atoms with E-state index in [4.69, 9.17) is 4.74 Å². The molecule has 0 aromatic heterocycles. The molecular formula is C11H12F3NO3S. The van der Waals surface area contributed by atoms with Gasteiger partial charge in [0.15, 0.2) is 0 Å². The number of halogens is 3. The molecule has 0 atom stereocenters. The monoisotopic (exact) mass is 295 g/mol. The number of alkyl halides is 3. The van der Waals surface area contributed by atoms with Crippen molar-refractivity contribution in [3.8, 4) is 5.75 Å². The smallest absolute Gasteiger partial charge is 0.416 e. The summed E-state index contributed by atoms with van der Waals surface area (Å²) in [5.41, 5.74) is -0.857. The first-order chi connectivity index (χ1) is 8.65. The van der Waals surface area contributed by atoms with Crippen molar-refractivity contribution in [1.82, 2.24) is 0 Å². The standard InChI is InChI=1S/C11H12F3NO3S/c1-19(16,17)15-9-5-2-7(11(12,13)14)6-10(9)18-8-3-4-8/h2,5-6,8,15H,3-4H2,1H3. The second-order valence-corrected chi connectivity index (χ2v) is 6.15. The van der Waals surface area contributed by atoms with Crippen molar-refractivity contribution in [2.75, 3.05) is 11.0 Å². The zero-order valence-electron chi connectivity index (χ0n) is 9.99. The average Bonchev–Trinajstić information content (AvgIpc) is 3.00. The van der Waals surface area contributed by atoms with Crippen LogP contribution in [-0.4, -0.2) is 20.8 Å². The molecular weight excluding hydrogens is 283 g/mol. The van der Waals surface area contributed by atoms with E-state index < -0.39 is 21.8 Å². The fraction of sp³-hybridized carbons (Fsp3) is 0.455. The minimum atomic E-state index is -4.49. The van der Waals surface area contributed by atoms with Crippen LogP contribution in [0.2, 0.25) is 0 Å². The molecule has 1 aliphatic rings. The molecule has 2 rings (SSSR count). The summed E-state index contributed by atoms with van der Waals surface area (Å²) >= 11 is 0. The molecule has 0 bridgehead atoms. The summed E-state index contributed by atoms with van der Waals surface area (Å²) in [5.74, 6) is -0.0947. The predicted molar refractivity (Wildman–Crippen MR) is 63.6 cm³/mol. The van der Waals surface area contributed by atoms with Gasteiger partial charge >= 0.3 is 6.18 Å². The highest BCUT2D eigenvalue weighted by molar-refractivity contribution is 7.92. The number of benzene rings is 1. The first kappa shape index (κ1) is 14.0. The van der Waals surface area contributed by atoms with E-state index in [0.29, 0.717) is 0 Å². The van der Waals surface area contributed by atoms with Crippen LogP contribution in [0.3, 0.4) is 0 Å². The highest BCUT2D eigenvalue weighted by Crippen LogP contribution is 2.38. The van der Waals surface area contributed by atoms with Gasteiger partial charge in [-0.1, -0.05) is 0 Å². The Labute approximate surface area is 108 Å². The lowest BCUT2D eigenvalue weighted by atomic mass is 10.2. The second-order valence-electron chi connectivity index (χ2n) is 4.40. The molecule has 1 N–H and O–H groups in total. The van der Waals surface area contributed by atoms with Crippen LogP contribution in [-0.2, 0) is 16.2 Å². The molecule has 106 valence electrons. The van der Waals surface area contributed by atoms with Crippen molar-refractivity contribution < 1.29 is 26.3 Å². The van der Waals surface area contributed by atoms with E-state index >= 15 is 0 Å². The molecule has 4 nitrogen and oxygen atoms in total. The van der Waals surface area contributed by atoms with Crippen LogP contribution in [0.5, 0.6) is 5.75 Å². The summed E-state index contributed by atoms with van der Waals surface area (Å²) < 4.78 is 67.5. The van der Waals surface area contributed by atoms with E-state index in [0.717, 1.165) is 37.3 Å². The molecule has 0 amide bonds. The van der Waals surface area contributed by atoms with Gasteiger partial charge in [0, 0.05) is 0 Å². The van der Waals surface area contributed by atoms with Crippen LogP contribution in [0.25, 0.3) is 0 Å². The summed E-state index contributed by atoms with van der Waals surface area (Å²) in [4.78, 5) is 0. The van der Waals surface area contributed by atoms with Crippen molar-refractivity contribution in [1.29, 1.82) is 0 Å². The Balaban J connectivity index is 2.36. The predicted octanol–water partition coefficient (Wildman–Crippen LogP) is 2.62. The molecule has 0 spiro atoms. The van der Waals surface area contributed by atoms with Crippen molar-refractivity contribution in [3.05, 3.63) is 23.8 Å². The third-order valence-corrected chi connectivity index (χ3v) is 3.01. The summed E-state index contributed by atoms with van der Waals surface area (Å²) in [7, 11) is -3.57. The van der Waals surface area contributed by atoms with E-state index in [2.05, 4.69) is 4.72 Å². The Morgan fingerprint density at radius 2 is 1.95 bits per heavy atom. The third-order valence-electron chi connectivity index (χ3n) is 2.42. The van der Waals surface area contributed by atoms with Crippen molar-refractivity contribution in [2.24, 2.45) is 0 Å². The third kappa shape index (κ3) is 4.02.